The first-order valence-electron chi connectivity index (χ1n) is 19.2. The molecule has 298 valence electrons. The molecule has 0 aliphatic carbocycles. The van der Waals surface area contributed by atoms with Crippen LogP contribution in [-0.2, 0) is 0 Å². The molecule has 11 heteroatoms. The SMILES string of the molecule is COc1ccc(-c2c3nc(c(-c4ccc(OC)c(OC)c4)c4ccc([nH]4)c(-c4ccc(OC)c(OC)c4)c4nc(c(-c5ccncc5)c5ccc2[nH]5)C=C4)C=C3)cc1OC. The van der Waals surface area contributed by atoms with E-state index in [9.17, 15) is 0 Å². The van der Waals surface area contributed by atoms with Gasteiger partial charge in [-0.1, -0.05) is 18.2 Å². The normalized spacial score (nSPS) is 11.7. The predicted octanol–water partition coefficient (Wildman–Crippen LogP) is 10.8. The van der Waals surface area contributed by atoms with Gasteiger partial charge in [-0.25, -0.2) is 9.97 Å². The molecule has 2 aliphatic heterocycles. The van der Waals surface area contributed by atoms with Gasteiger partial charge in [-0.15, -0.1) is 0 Å². The summed E-state index contributed by atoms with van der Waals surface area (Å²) in [7, 11) is 9.79. The zero-order valence-corrected chi connectivity index (χ0v) is 33.9. The number of benzene rings is 3. The molecule has 2 N–H and O–H groups in total. The van der Waals surface area contributed by atoms with E-state index >= 15 is 0 Å². The molecule has 0 atom stereocenters. The van der Waals surface area contributed by atoms with Gasteiger partial charge in [0.05, 0.1) is 65.4 Å². The highest BCUT2D eigenvalue weighted by Crippen LogP contribution is 2.42. The summed E-state index contributed by atoms with van der Waals surface area (Å²) in [5.74, 6) is 3.67. The lowest BCUT2D eigenvalue weighted by Crippen LogP contribution is -1.93. The molecule has 0 unspecified atom stereocenters. The minimum atomic E-state index is 0.594. The number of pyridine rings is 1. The van der Waals surface area contributed by atoms with E-state index in [1.54, 1.807) is 55.1 Å². The van der Waals surface area contributed by atoms with Crippen molar-refractivity contribution in [3.8, 4) is 79.0 Å². The van der Waals surface area contributed by atoms with Crippen LogP contribution in [0.1, 0.15) is 22.8 Å². The Labute approximate surface area is 346 Å². The number of hydrogen-bond acceptors (Lipinski definition) is 9. The van der Waals surface area contributed by atoms with Gasteiger partial charge in [0.25, 0.3) is 0 Å². The highest BCUT2D eigenvalue weighted by atomic mass is 16.5. The first-order valence-corrected chi connectivity index (χ1v) is 19.2. The van der Waals surface area contributed by atoms with Crippen molar-refractivity contribution in [2.75, 3.05) is 42.7 Å². The number of aromatic amines is 2. The van der Waals surface area contributed by atoms with Gasteiger partial charge in [0.2, 0.25) is 0 Å². The van der Waals surface area contributed by atoms with Crippen LogP contribution < -0.4 is 28.4 Å². The lowest BCUT2D eigenvalue weighted by Gasteiger charge is -2.11. The maximum absolute atomic E-state index is 5.80. The quantitative estimate of drug-likeness (QED) is 0.139. The largest absolute Gasteiger partial charge is 0.493 e. The number of H-pyrrole nitrogens is 2. The summed E-state index contributed by atoms with van der Waals surface area (Å²) in [5, 5.41) is 0. The third-order valence-electron chi connectivity index (χ3n) is 10.7. The van der Waals surface area contributed by atoms with Crippen LogP contribution in [-0.4, -0.2) is 67.6 Å². The van der Waals surface area contributed by atoms with Crippen LogP contribution >= 0.6 is 0 Å². The first-order chi connectivity index (χ1) is 29.4. The molecule has 0 spiro atoms. The first kappa shape index (κ1) is 37.8. The Kier molecular flexibility index (Phi) is 9.99. The van der Waals surface area contributed by atoms with Crippen LogP contribution in [0.5, 0.6) is 34.5 Å². The van der Waals surface area contributed by atoms with Gasteiger partial charge in [-0.3, -0.25) is 4.98 Å². The number of aromatic nitrogens is 5. The minimum absolute atomic E-state index is 0.594. The highest BCUT2D eigenvalue weighted by Gasteiger charge is 2.21. The fourth-order valence-electron chi connectivity index (χ4n) is 7.91. The lowest BCUT2D eigenvalue weighted by molar-refractivity contribution is 0.355. The molecule has 6 heterocycles. The Bertz CT molecular complexity index is 2970. The molecular weight excluding hydrogens is 755 g/mol. The second kappa shape index (κ2) is 15.9. The maximum atomic E-state index is 5.80. The molecule has 0 radical (unpaired) electrons. The highest BCUT2D eigenvalue weighted by molar-refractivity contribution is 6.00. The van der Waals surface area contributed by atoms with Crippen molar-refractivity contribution in [1.82, 2.24) is 24.9 Å². The molecule has 0 saturated heterocycles. The maximum Gasteiger partial charge on any atom is 0.161 e. The van der Waals surface area contributed by atoms with E-state index in [4.69, 9.17) is 38.4 Å². The molecule has 4 aromatic heterocycles. The monoisotopic (exact) mass is 795 g/mol. The third kappa shape index (κ3) is 6.65. The summed E-state index contributed by atoms with van der Waals surface area (Å²) in [6.07, 6.45) is 11.8. The molecule has 3 aromatic carbocycles. The summed E-state index contributed by atoms with van der Waals surface area (Å²) in [5.41, 5.74) is 13.5. The Balaban J connectivity index is 1.46. The van der Waals surface area contributed by atoms with Gasteiger partial charge in [0.15, 0.2) is 34.5 Å². The number of rotatable bonds is 10. The van der Waals surface area contributed by atoms with E-state index in [2.05, 4.69) is 51.4 Å². The average molecular weight is 796 g/mol. The number of methoxy groups -OCH3 is 6. The third-order valence-corrected chi connectivity index (χ3v) is 10.7. The van der Waals surface area contributed by atoms with Crippen molar-refractivity contribution in [3.05, 3.63) is 126 Å². The second-order valence-electron chi connectivity index (χ2n) is 13.9. The number of ether oxygens (including phenoxy) is 6. The fraction of sp³-hybridized carbons (Fsp3) is 0.122. The van der Waals surface area contributed by atoms with Gasteiger partial charge in [-0.2, -0.15) is 0 Å². The molecule has 11 nitrogen and oxygen atoms in total. The van der Waals surface area contributed by atoms with E-state index < -0.39 is 0 Å². The topological polar surface area (TPSA) is 126 Å². The fourth-order valence-corrected chi connectivity index (χ4v) is 7.91. The van der Waals surface area contributed by atoms with Gasteiger partial charge in [0, 0.05) is 56.7 Å². The van der Waals surface area contributed by atoms with Crippen molar-refractivity contribution < 1.29 is 28.4 Å². The summed E-state index contributed by atoms with van der Waals surface area (Å²) < 4.78 is 34.3. The Morgan fingerprint density at radius 1 is 0.333 bits per heavy atom. The standard InChI is InChI=1S/C49H41N5O6/c1-55-40-18-7-29(25-43(40)58-4)47-34-12-10-32(51-34)46(28-21-23-50-24-22-28)33-11-13-35(52-33)48(30-8-19-41(56-2)44(26-30)59-5)37-15-17-39(54-37)49(38-16-14-36(47)53-38)31-9-20-42(57-3)45(27-31)60-6/h7-27,51,54H,1-6H3. The van der Waals surface area contributed by atoms with Crippen LogP contribution in [0, 0.1) is 0 Å². The number of nitrogens with zero attached hydrogens (tertiary/aromatic N) is 3. The number of fused-ring (bicyclic) bond motifs is 8. The van der Waals surface area contributed by atoms with Gasteiger partial charge in [-0.05, 0) is 119 Å². The zero-order chi connectivity index (χ0) is 41.3. The van der Waals surface area contributed by atoms with Crippen LogP contribution in [0.3, 0.4) is 0 Å². The van der Waals surface area contributed by atoms with Crippen LogP contribution in [0.25, 0.3) is 90.9 Å². The molecule has 2 aliphatic rings. The van der Waals surface area contributed by atoms with Crippen LogP contribution in [0.2, 0.25) is 0 Å². The van der Waals surface area contributed by atoms with Gasteiger partial charge in [0.1, 0.15) is 0 Å². The van der Waals surface area contributed by atoms with Crippen LogP contribution in [0.15, 0.2) is 103 Å². The molecule has 9 rings (SSSR count). The molecule has 0 amide bonds. The van der Waals surface area contributed by atoms with E-state index in [0.717, 1.165) is 89.4 Å². The predicted molar refractivity (Wildman–Crippen MR) is 238 cm³/mol. The molecule has 60 heavy (non-hydrogen) atoms. The molecule has 7 aromatic rings. The lowest BCUT2D eigenvalue weighted by atomic mass is 10.0. The van der Waals surface area contributed by atoms with E-state index in [-0.39, 0.29) is 0 Å². The van der Waals surface area contributed by atoms with Crippen molar-refractivity contribution in [1.29, 1.82) is 0 Å². The summed E-state index contributed by atoms with van der Waals surface area (Å²) in [6.45, 7) is 0. The molecule has 0 saturated carbocycles. The van der Waals surface area contributed by atoms with Gasteiger partial charge < -0.3 is 38.4 Å². The zero-order valence-electron chi connectivity index (χ0n) is 33.9. The number of hydrogen-bond donors (Lipinski definition) is 2. The van der Waals surface area contributed by atoms with E-state index in [1.165, 1.54) is 0 Å². The van der Waals surface area contributed by atoms with Crippen molar-refractivity contribution in [2.24, 2.45) is 0 Å². The molecule has 0 fully saturated rings. The average Bonchev–Trinajstić information content (AvgIpc) is 4.15. The van der Waals surface area contributed by atoms with Crippen molar-refractivity contribution >= 4 is 46.4 Å². The van der Waals surface area contributed by atoms with Gasteiger partial charge >= 0.3 is 0 Å². The number of nitrogens with one attached hydrogen (secondary N) is 2. The van der Waals surface area contributed by atoms with E-state index in [0.29, 0.717) is 34.5 Å². The summed E-state index contributed by atoms with van der Waals surface area (Å²) in [4.78, 5) is 22.7. The second-order valence-corrected chi connectivity index (χ2v) is 13.9. The molecular formula is C49H41N5O6. The Hall–Kier alpha value is -7.79. The van der Waals surface area contributed by atoms with E-state index in [1.807, 2.05) is 78.9 Å². The smallest absolute Gasteiger partial charge is 0.161 e. The summed E-state index contributed by atoms with van der Waals surface area (Å²) >= 11 is 0. The molecule has 8 bridgehead atoms. The van der Waals surface area contributed by atoms with Crippen molar-refractivity contribution in [3.63, 3.8) is 0 Å². The Morgan fingerprint density at radius 2 is 0.633 bits per heavy atom. The minimum Gasteiger partial charge on any atom is -0.493 e. The summed E-state index contributed by atoms with van der Waals surface area (Å²) in [6, 6.07) is 30.0. The van der Waals surface area contributed by atoms with Crippen LogP contribution in [0.4, 0.5) is 0 Å². The van der Waals surface area contributed by atoms with Crippen molar-refractivity contribution in [2.45, 2.75) is 0 Å². The Morgan fingerprint density at radius 3 is 0.933 bits per heavy atom.